The second-order valence-corrected chi connectivity index (χ2v) is 5.28. The summed E-state index contributed by atoms with van der Waals surface area (Å²) >= 11 is 0. The number of methoxy groups -OCH3 is 3. The zero-order valence-corrected chi connectivity index (χ0v) is 14.2. The van der Waals surface area contributed by atoms with E-state index in [9.17, 15) is 0 Å². The van der Waals surface area contributed by atoms with Crippen LogP contribution in [0, 0.1) is 6.92 Å². The van der Waals surface area contributed by atoms with E-state index in [2.05, 4.69) is 15.4 Å². The normalized spacial score (nSPS) is 10.7. The van der Waals surface area contributed by atoms with Gasteiger partial charge >= 0.3 is 0 Å². The Morgan fingerprint density at radius 2 is 1.75 bits per heavy atom. The van der Waals surface area contributed by atoms with Crippen molar-refractivity contribution < 1.29 is 14.2 Å². The first-order chi connectivity index (χ1) is 11.7. The van der Waals surface area contributed by atoms with Gasteiger partial charge in [0.25, 0.3) is 0 Å². The molecule has 1 N–H and O–H groups in total. The van der Waals surface area contributed by atoms with Crippen molar-refractivity contribution in [2.75, 3.05) is 26.6 Å². The summed E-state index contributed by atoms with van der Waals surface area (Å²) in [4.78, 5) is 4.40. The van der Waals surface area contributed by atoms with Crippen LogP contribution in [0.5, 0.6) is 17.2 Å². The van der Waals surface area contributed by atoms with E-state index in [4.69, 9.17) is 14.2 Å². The fraction of sp³-hybridized carbons (Fsp3) is 0.294. The number of aryl methyl sites for hydroxylation is 1. The van der Waals surface area contributed by atoms with Crippen molar-refractivity contribution in [3.05, 3.63) is 41.9 Å². The third kappa shape index (κ3) is 2.92. The molecule has 0 aliphatic carbocycles. The van der Waals surface area contributed by atoms with Crippen LogP contribution >= 0.6 is 0 Å². The van der Waals surface area contributed by atoms with Crippen LogP contribution < -0.4 is 19.5 Å². The Kier molecular flexibility index (Phi) is 4.41. The minimum Gasteiger partial charge on any atom is -0.493 e. The number of aromatic nitrogens is 3. The number of hydrogen-bond acceptors (Lipinski definition) is 6. The van der Waals surface area contributed by atoms with Crippen molar-refractivity contribution >= 4 is 11.3 Å². The first-order valence-corrected chi connectivity index (χ1v) is 7.50. The average molecular weight is 328 g/mol. The Morgan fingerprint density at radius 3 is 2.38 bits per heavy atom. The number of benzene rings is 1. The SMILES string of the molecule is COc1cc(CNc2nccn3nc(C)cc23)cc(OC)c1OC. The van der Waals surface area contributed by atoms with E-state index in [0.29, 0.717) is 23.8 Å². The summed E-state index contributed by atoms with van der Waals surface area (Å²) in [6.07, 6.45) is 3.55. The number of anilines is 1. The van der Waals surface area contributed by atoms with Crippen LogP contribution in [0.1, 0.15) is 11.3 Å². The molecule has 0 fully saturated rings. The predicted octanol–water partition coefficient (Wildman–Crippen LogP) is 2.68. The number of hydrogen-bond donors (Lipinski definition) is 1. The highest BCUT2D eigenvalue weighted by atomic mass is 16.5. The molecule has 0 bridgehead atoms. The van der Waals surface area contributed by atoms with Gasteiger partial charge in [-0.3, -0.25) is 0 Å². The second-order valence-electron chi connectivity index (χ2n) is 5.28. The Bertz CT molecular complexity index is 835. The zero-order valence-electron chi connectivity index (χ0n) is 14.2. The molecule has 0 amide bonds. The van der Waals surface area contributed by atoms with Gasteiger partial charge in [-0.1, -0.05) is 0 Å². The Balaban J connectivity index is 1.88. The molecule has 7 nitrogen and oxygen atoms in total. The van der Waals surface area contributed by atoms with Gasteiger partial charge in [-0.25, -0.2) is 9.50 Å². The Hall–Kier alpha value is -2.96. The molecule has 126 valence electrons. The monoisotopic (exact) mass is 328 g/mol. The molecule has 24 heavy (non-hydrogen) atoms. The molecule has 1 aromatic carbocycles. The fourth-order valence-electron chi connectivity index (χ4n) is 2.60. The standard InChI is InChI=1S/C17H20N4O3/c1-11-7-13-17(18-5-6-21(13)20-11)19-10-12-8-14(22-2)16(24-4)15(9-12)23-3/h5-9H,10H2,1-4H3,(H,18,19). The first kappa shape index (κ1) is 15.9. The third-order valence-electron chi connectivity index (χ3n) is 3.70. The number of ether oxygens (including phenoxy) is 3. The zero-order chi connectivity index (χ0) is 17.1. The second kappa shape index (κ2) is 6.66. The lowest BCUT2D eigenvalue weighted by atomic mass is 10.1. The molecular formula is C17H20N4O3. The molecule has 0 unspecified atom stereocenters. The van der Waals surface area contributed by atoms with Gasteiger partial charge in [0.2, 0.25) is 5.75 Å². The molecule has 7 heteroatoms. The van der Waals surface area contributed by atoms with Gasteiger partial charge in [-0.2, -0.15) is 5.10 Å². The summed E-state index contributed by atoms with van der Waals surface area (Å²) in [5, 5.41) is 7.72. The van der Waals surface area contributed by atoms with E-state index >= 15 is 0 Å². The van der Waals surface area contributed by atoms with Gasteiger partial charge in [0.05, 0.1) is 27.0 Å². The maximum atomic E-state index is 5.38. The van der Waals surface area contributed by atoms with Gasteiger partial charge in [0.15, 0.2) is 17.3 Å². The number of nitrogens with one attached hydrogen (secondary N) is 1. The molecule has 0 saturated heterocycles. The molecule has 0 saturated carbocycles. The minimum absolute atomic E-state index is 0.563. The maximum absolute atomic E-state index is 5.38. The summed E-state index contributed by atoms with van der Waals surface area (Å²) in [6.45, 7) is 2.52. The van der Waals surface area contributed by atoms with Gasteiger partial charge in [-0.05, 0) is 30.7 Å². The highest BCUT2D eigenvalue weighted by Gasteiger charge is 2.13. The molecular weight excluding hydrogens is 308 g/mol. The lowest BCUT2D eigenvalue weighted by Crippen LogP contribution is -2.05. The molecule has 0 spiro atoms. The topological polar surface area (TPSA) is 69.9 Å². The smallest absolute Gasteiger partial charge is 0.203 e. The predicted molar refractivity (Wildman–Crippen MR) is 91.1 cm³/mol. The molecule has 2 aromatic heterocycles. The molecule has 0 radical (unpaired) electrons. The highest BCUT2D eigenvalue weighted by Crippen LogP contribution is 2.38. The molecule has 2 heterocycles. The van der Waals surface area contributed by atoms with Gasteiger partial charge < -0.3 is 19.5 Å². The quantitative estimate of drug-likeness (QED) is 0.750. The van der Waals surface area contributed by atoms with Crippen LogP contribution in [0.4, 0.5) is 5.82 Å². The summed E-state index contributed by atoms with van der Waals surface area (Å²) in [6, 6.07) is 5.82. The largest absolute Gasteiger partial charge is 0.493 e. The molecule has 0 atom stereocenters. The van der Waals surface area contributed by atoms with E-state index in [-0.39, 0.29) is 0 Å². The summed E-state index contributed by atoms with van der Waals surface area (Å²) in [5.41, 5.74) is 2.87. The van der Waals surface area contributed by atoms with Gasteiger partial charge in [0, 0.05) is 18.9 Å². The van der Waals surface area contributed by atoms with E-state index in [1.165, 1.54) is 0 Å². The van der Waals surface area contributed by atoms with Crippen molar-refractivity contribution in [2.45, 2.75) is 13.5 Å². The first-order valence-electron chi connectivity index (χ1n) is 7.50. The number of nitrogens with zero attached hydrogens (tertiary/aromatic N) is 3. The van der Waals surface area contributed by atoms with Crippen molar-refractivity contribution in [1.29, 1.82) is 0 Å². The van der Waals surface area contributed by atoms with E-state index < -0.39 is 0 Å². The van der Waals surface area contributed by atoms with Gasteiger partial charge in [0.1, 0.15) is 5.52 Å². The Labute approximate surface area is 140 Å². The minimum atomic E-state index is 0.563. The van der Waals surface area contributed by atoms with Crippen molar-refractivity contribution in [3.8, 4) is 17.2 Å². The van der Waals surface area contributed by atoms with Crippen LogP contribution in [0.15, 0.2) is 30.6 Å². The highest BCUT2D eigenvalue weighted by molar-refractivity contribution is 5.68. The van der Waals surface area contributed by atoms with E-state index in [1.807, 2.05) is 31.3 Å². The van der Waals surface area contributed by atoms with E-state index in [0.717, 1.165) is 22.6 Å². The average Bonchev–Trinajstić information content (AvgIpc) is 2.99. The van der Waals surface area contributed by atoms with Crippen molar-refractivity contribution in [3.63, 3.8) is 0 Å². The lowest BCUT2D eigenvalue weighted by Gasteiger charge is -2.14. The van der Waals surface area contributed by atoms with Crippen LogP contribution in [-0.2, 0) is 6.54 Å². The van der Waals surface area contributed by atoms with Crippen LogP contribution in [-0.4, -0.2) is 35.9 Å². The van der Waals surface area contributed by atoms with Gasteiger partial charge in [-0.15, -0.1) is 0 Å². The summed E-state index contributed by atoms with van der Waals surface area (Å²) in [7, 11) is 4.79. The maximum Gasteiger partial charge on any atom is 0.203 e. The molecule has 0 aliphatic heterocycles. The summed E-state index contributed by atoms with van der Waals surface area (Å²) < 4.78 is 17.9. The fourth-order valence-corrected chi connectivity index (χ4v) is 2.60. The molecule has 3 aromatic rings. The number of fused-ring (bicyclic) bond motifs is 1. The molecule has 3 rings (SSSR count). The summed E-state index contributed by atoms with van der Waals surface area (Å²) in [5.74, 6) is 2.60. The lowest BCUT2D eigenvalue weighted by molar-refractivity contribution is 0.324. The van der Waals surface area contributed by atoms with Crippen LogP contribution in [0.3, 0.4) is 0 Å². The Morgan fingerprint density at radius 1 is 1.04 bits per heavy atom. The van der Waals surface area contributed by atoms with E-state index in [1.54, 1.807) is 32.0 Å². The van der Waals surface area contributed by atoms with Crippen molar-refractivity contribution in [1.82, 2.24) is 14.6 Å². The number of rotatable bonds is 6. The molecule has 0 aliphatic rings. The third-order valence-corrected chi connectivity index (χ3v) is 3.70. The van der Waals surface area contributed by atoms with Crippen LogP contribution in [0.25, 0.3) is 5.52 Å². The van der Waals surface area contributed by atoms with Crippen molar-refractivity contribution in [2.24, 2.45) is 0 Å². The van der Waals surface area contributed by atoms with Crippen LogP contribution in [0.2, 0.25) is 0 Å².